The molecule has 2 rings (SSSR count). The van der Waals surface area contributed by atoms with Crippen molar-refractivity contribution < 1.29 is 4.79 Å². The molecule has 1 aromatic rings. The largest absolute Gasteiger partial charge is 0.326 e. The Morgan fingerprint density at radius 1 is 1.32 bits per heavy atom. The van der Waals surface area contributed by atoms with Crippen molar-refractivity contribution in [3.63, 3.8) is 0 Å². The lowest BCUT2D eigenvalue weighted by Gasteiger charge is -2.36. The van der Waals surface area contributed by atoms with E-state index in [0.717, 1.165) is 24.1 Å². The molecule has 1 amide bonds. The van der Waals surface area contributed by atoms with E-state index >= 15 is 0 Å². The first-order valence-electron chi connectivity index (χ1n) is 8.28. The third kappa shape index (κ3) is 4.10. The summed E-state index contributed by atoms with van der Waals surface area (Å²) >= 11 is 0. The van der Waals surface area contributed by atoms with E-state index in [0.29, 0.717) is 24.2 Å². The molecule has 118 valence electrons. The van der Waals surface area contributed by atoms with Crippen LogP contribution in [0.15, 0.2) is 24.3 Å². The zero-order valence-electron chi connectivity index (χ0n) is 13.8. The van der Waals surface area contributed by atoms with E-state index in [1.54, 1.807) is 0 Å². The molecule has 1 aliphatic rings. The summed E-state index contributed by atoms with van der Waals surface area (Å²) in [6.07, 6.45) is 3.78. The number of nitrogens with one attached hydrogen (secondary N) is 1. The van der Waals surface area contributed by atoms with Gasteiger partial charge in [-0.2, -0.15) is 5.26 Å². The lowest BCUT2D eigenvalue weighted by Crippen LogP contribution is -2.36. The fraction of sp³-hybridized carbons (Fsp3) is 0.579. The fourth-order valence-corrected chi connectivity index (χ4v) is 3.54. The van der Waals surface area contributed by atoms with Crippen LogP contribution in [0.4, 0.5) is 5.69 Å². The molecule has 0 aromatic heterocycles. The minimum Gasteiger partial charge on any atom is -0.326 e. The van der Waals surface area contributed by atoms with E-state index in [1.165, 1.54) is 6.42 Å². The topological polar surface area (TPSA) is 52.9 Å². The first kappa shape index (κ1) is 16.5. The molecule has 3 heteroatoms. The molecular formula is C19H26N2O. The maximum Gasteiger partial charge on any atom is 0.227 e. The first-order valence-corrected chi connectivity index (χ1v) is 8.28. The van der Waals surface area contributed by atoms with Gasteiger partial charge in [0.1, 0.15) is 0 Å². The zero-order valence-corrected chi connectivity index (χ0v) is 13.8. The fourth-order valence-electron chi connectivity index (χ4n) is 3.54. The molecule has 1 saturated carbocycles. The molecule has 0 spiro atoms. The second-order valence-electron chi connectivity index (χ2n) is 6.95. The van der Waals surface area contributed by atoms with Crippen LogP contribution in [-0.2, 0) is 11.2 Å². The summed E-state index contributed by atoms with van der Waals surface area (Å²) in [5.74, 6) is 1.92. The normalized spacial score (nSPS) is 24.8. The lowest BCUT2D eigenvalue weighted by atomic mass is 9.70. The summed E-state index contributed by atoms with van der Waals surface area (Å²) in [4.78, 5) is 12.7. The Balaban J connectivity index is 2.04. The Hall–Kier alpha value is -1.82. The molecule has 3 nitrogen and oxygen atoms in total. The van der Waals surface area contributed by atoms with E-state index in [9.17, 15) is 4.79 Å². The molecule has 0 bridgehead atoms. The molecule has 2 unspecified atom stereocenters. The molecule has 0 aliphatic heterocycles. The van der Waals surface area contributed by atoms with Crippen molar-refractivity contribution in [3.8, 4) is 6.07 Å². The Morgan fingerprint density at radius 2 is 2.00 bits per heavy atom. The van der Waals surface area contributed by atoms with Crippen LogP contribution in [0, 0.1) is 35.0 Å². The van der Waals surface area contributed by atoms with E-state index in [-0.39, 0.29) is 11.8 Å². The monoisotopic (exact) mass is 298 g/mol. The van der Waals surface area contributed by atoms with Gasteiger partial charge in [0.05, 0.1) is 12.5 Å². The number of carbonyl (C=O) groups excluding carboxylic acids is 1. The summed E-state index contributed by atoms with van der Waals surface area (Å²) in [6.45, 7) is 6.68. The van der Waals surface area contributed by atoms with Gasteiger partial charge in [0.2, 0.25) is 5.91 Å². The smallest absolute Gasteiger partial charge is 0.227 e. The van der Waals surface area contributed by atoms with E-state index < -0.39 is 0 Å². The van der Waals surface area contributed by atoms with Crippen LogP contribution in [0.3, 0.4) is 0 Å². The van der Waals surface area contributed by atoms with Gasteiger partial charge in [0, 0.05) is 11.6 Å². The number of nitriles is 1. The summed E-state index contributed by atoms with van der Waals surface area (Å²) < 4.78 is 0. The van der Waals surface area contributed by atoms with Crippen LogP contribution in [-0.4, -0.2) is 5.91 Å². The highest BCUT2D eigenvalue weighted by atomic mass is 16.1. The second-order valence-corrected chi connectivity index (χ2v) is 6.95. The molecule has 1 N–H and O–H groups in total. The summed E-state index contributed by atoms with van der Waals surface area (Å²) in [5, 5.41) is 11.8. The van der Waals surface area contributed by atoms with Gasteiger partial charge in [-0.3, -0.25) is 4.79 Å². The predicted octanol–water partition coefficient (Wildman–Crippen LogP) is 4.40. The van der Waals surface area contributed by atoms with Crippen molar-refractivity contribution in [1.29, 1.82) is 5.26 Å². The molecule has 0 saturated heterocycles. The van der Waals surface area contributed by atoms with Crippen LogP contribution < -0.4 is 5.32 Å². The molecule has 0 heterocycles. The average molecular weight is 298 g/mol. The molecule has 1 fully saturated rings. The first-order chi connectivity index (χ1) is 10.5. The van der Waals surface area contributed by atoms with Crippen molar-refractivity contribution >= 4 is 11.6 Å². The zero-order chi connectivity index (χ0) is 16.1. The van der Waals surface area contributed by atoms with Crippen LogP contribution >= 0.6 is 0 Å². The van der Waals surface area contributed by atoms with Gasteiger partial charge in [0.25, 0.3) is 0 Å². The number of anilines is 1. The Labute approximate surface area is 133 Å². The van der Waals surface area contributed by atoms with Gasteiger partial charge in [0.15, 0.2) is 0 Å². The SMILES string of the molecule is CC1CC[C@@H](C(C)C)C(C(=O)Nc2ccc(CC#N)cc2)C1. The van der Waals surface area contributed by atoms with Crippen LogP contribution in [0.5, 0.6) is 0 Å². The van der Waals surface area contributed by atoms with Crippen molar-refractivity contribution in [1.82, 2.24) is 0 Å². The van der Waals surface area contributed by atoms with Crippen molar-refractivity contribution in [2.45, 2.75) is 46.5 Å². The second kappa shape index (κ2) is 7.45. The van der Waals surface area contributed by atoms with E-state index in [2.05, 4.69) is 32.2 Å². The Morgan fingerprint density at radius 3 is 2.59 bits per heavy atom. The number of amides is 1. The van der Waals surface area contributed by atoms with Crippen molar-refractivity contribution in [2.24, 2.45) is 23.7 Å². The highest BCUT2D eigenvalue weighted by Crippen LogP contribution is 2.38. The van der Waals surface area contributed by atoms with Gasteiger partial charge >= 0.3 is 0 Å². The van der Waals surface area contributed by atoms with Gasteiger partial charge in [-0.05, 0) is 48.3 Å². The molecule has 3 atom stereocenters. The number of hydrogen-bond acceptors (Lipinski definition) is 2. The summed E-state index contributed by atoms with van der Waals surface area (Å²) in [7, 11) is 0. The summed E-state index contributed by atoms with van der Waals surface area (Å²) in [5.41, 5.74) is 1.80. The van der Waals surface area contributed by atoms with Gasteiger partial charge in [-0.15, -0.1) is 0 Å². The van der Waals surface area contributed by atoms with Crippen LogP contribution in [0.2, 0.25) is 0 Å². The lowest BCUT2D eigenvalue weighted by molar-refractivity contribution is -0.123. The van der Waals surface area contributed by atoms with Gasteiger partial charge < -0.3 is 5.32 Å². The number of hydrogen-bond donors (Lipinski definition) is 1. The third-order valence-electron chi connectivity index (χ3n) is 4.86. The highest BCUT2D eigenvalue weighted by Gasteiger charge is 2.35. The minimum atomic E-state index is 0.113. The Kier molecular flexibility index (Phi) is 5.60. The van der Waals surface area contributed by atoms with Gasteiger partial charge in [-0.1, -0.05) is 39.3 Å². The summed E-state index contributed by atoms with van der Waals surface area (Å²) in [6, 6.07) is 9.72. The molecule has 1 aliphatic carbocycles. The maximum absolute atomic E-state index is 12.7. The van der Waals surface area contributed by atoms with Crippen molar-refractivity contribution in [3.05, 3.63) is 29.8 Å². The van der Waals surface area contributed by atoms with Crippen LogP contribution in [0.1, 0.15) is 45.6 Å². The van der Waals surface area contributed by atoms with E-state index in [1.807, 2.05) is 24.3 Å². The number of carbonyl (C=O) groups is 1. The third-order valence-corrected chi connectivity index (χ3v) is 4.86. The standard InChI is InChI=1S/C19H26N2O/c1-13(2)17-9-4-14(3)12-18(17)19(22)21-16-7-5-15(6-8-16)10-11-20/h5-8,13-14,17-18H,4,9-10,12H2,1-3H3,(H,21,22)/t14?,17-,18?/m0/s1. The molecular weight excluding hydrogens is 272 g/mol. The number of benzene rings is 1. The minimum absolute atomic E-state index is 0.113. The van der Waals surface area contributed by atoms with Crippen molar-refractivity contribution in [2.75, 3.05) is 5.32 Å². The average Bonchev–Trinajstić information content (AvgIpc) is 2.49. The predicted molar refractivity (Wildman–Crippen MR) is 89.2 cm³/mol. The molecule has 1 aromatic carbocycles. The number of rotatable bonds is 4. The Bertz CT molecular complexity index is 542. The van der Waals surface area contributed by atoms with Crippen LogP contribution in [0.25, 0.3) is 0 Å². The van der Waals surface area contributed by atoms with E-state index in [4.69, 9.17) is 5.26 Å². The molecule has 22 heavy (non-hydrogen) atoms. The number of nitrogens with zero attached hydrogens (tertiary/aromatic N) is 1. The molecule has 0 radical (unpaired) electrons. The quantitative estimate of drug-likeness (QED) is 0.895. The van der Waals surface area contributed by atoms with Gasteiger partial charge in [-0.25, -0.2) is 0 Å². The maximum atomic E-state index is 12.7. The highest BCUT2D eigenvalue weighted by molar-refractivity contribution is 5.92.